The van der Waals surface area contributed by atoms with Gasteiger partial charge in [-0.05, 0) is 46.2 Å². The van der Waals surface area contributed by atoms with Crippen molar-refractivity contribution in [2.45, 2.75) is 51.8 Å². The van der Waals surface area contributed by atoms with Gasteiger partial charge in [0.15, 0.2) is 0 Å². The molecule has 20 heavy (non-hydrogen) atoms. The molecule has 0 saturated carbocycles. The molecule has 1 unspecified atom stereocenters. The van der Waals surface area contributed by atoms with Crippen LogP contribution >= 0.6 is 0 Å². The van der Waals surface area contributed by atoms with Crippen molar-refractivity contribution in [2.24, 2.45) is 0 Å². The number of hydrogen-bond acceptors (Lipinski definition) is 4. The normalized spacial score (nSPS) is 21.0. The van der Waals surface area contributed by atoms with Crippen LogP contribution in [0.15, 0.2) is 22.8 Å². The average molecular weight is 280 g/mol. The predicted octanol–water partition coefficient (Wildman–Crippen LogP) is 2.94. The smallest absolute Gasteiger partial charge is 0.410 e. The average Bonchev–Trinajstić information content (AvgIpc) is 2.97. The van der Waals surface area contributed by atoms with Crippen molar-refractivity contribution in [1.29, 1.82) is 0 Å². The van der Waals surface area contributed by atoms with Crippen LogP contribution < -0.4 is 5.32 Å². The summed E-state index contributed by atoms with van der Waals surface area (Å²) in [5, 5.41) is 3.49. The molecule has 2 rings (SSSR count). The Kier molecular flexibility index (Phi) is 4.38. The highest BCUT2D eigenvalue weighted by Crippen LogP contribution is 2.19. The fourth-order valence-corrected chi connectivity index (χ4v) is 2.36. The van der Waals surface area contributed by atoms with Crippen LogP contribution in [0.4, 0.5) is 4.79 Å². The maximum atomic E-state index is 12.0. The minimum atomic E-state index is -0.440. The van der Waals surface area contributed by atoms with E-state index in [1.807, 2.05) is 32.9 Å². The molecule has 5 nitrogen and oxygen atoms in total. The van der Waals surface area contributed by atoms with Crippen molar-refractivity contribution >= 4 is 6.09 Å². The molecule has 0 bridgehead atoms. The summed E-state index contributed by atoms with van der Waals surface area (Å²) < 4.78 is 10.8. The van der Waals surface area contributed by atoms with Gasteiger partial charge < -0.3 is 19.4 Å². The van der Waals surface area contributed by atoms with Gasteiger partial charge in [-0.2, -0.15) is 0 Å². The van der Waals surface area contributed by atoms with Gasteiger partial charge in [-0.15, -0.1) is 0 Å². The van der Waals surface area contributed by atoms with Crippen LogP contribution in [0, 0.1) is 0 Å². The molecule has 2 atom stereocenters. The quantitative estimate of drug-likeness (QED) is 0.925. The highest BCUT2D eigenvalue weighted by Gasteiger charge is 2.30. The summed E-state index contributed by atoms with van der Waals surface area (Å²) in [5.74, 6) is 0.917. The van der Waals surface area contributed by atoms with Gasteiger partial charge >= 0.3 is 6.09 Å². The first-order chi connectivity index (χ1) is 9.35. The van der Waals surface area contributed by atoms with E-state index in [2.05, 4.69) is 12.2 Å². The second kappa shape index (κ2) is 5.87. The molecular weight excluding hydrogens is 256 g/mol. The minimum Gasteiger partial charge on any atom is -0.468 e. The Morgan fingerprint density at radius 3 is 2.90 bits per heavy atom. The number of amides is 1. The van der Waals surface area contributed by atoms with E-state index >= 15 is 0 Å². The van der Waals surface area contributed by atoms with E-state index in [4.69, 9.17) is 9.15 Å². The second-order valence-corrected chi connectivity index (χ2v) is 6.32. The first-order valence-electron chi connectivity index (χ1n) is 7.12. The van der Waals surface area contributed by atoms with Crippen molar-refractivity contribution in [3.63, 3.8) is 0 Å². The molecule has 1 aromatic rings. The van der Waals surface area contributed by atoms with Crippen LogP contribution in [0.25, 0.3) is 0 Å². The zero-order chi connectivity index (χ0) is 14.8. The van der Waals surface area contributed by atoms with Crippen molar-refractivity contribution in [3.05, 3.63) is 24.2 Å². The van der Waals surface area contributed by atoms with Gasteiger partial charge in [-0.25, -0.2) is 4.79 Å². The number of rotatable bonds is 3. The molecule has 0 aliphatic carbocycles. The Morgan fingerprint density at radius 2 is 2.30 bits per heavy atom. The molecule has 0 radical (unpaired) electrons. The maximum Gasteiger partial charge on any atom is 0.410 e. The molecule has 0 spiro atoms. The number of nitrogens with zero attached hydrogens (tertiary/aromatic N) is 1. The van der Waals surface area contributed by atoms with E-state index in [-0.39, 0.29) is 18.2 Å². The molecule has 1 N–H and O–H groups in total. The first-order valence-corrected chi connectivity index (χ1v) is 7.12. The summed E-state index contributed by atoms with van der Waals surface area (Å²) in [6.45, 7) is 9.13. The fourth-order valence-electron chi connectivity index (χ4n) is 2.36. The predicted molar refractivity (Wildman–Crippen MR) is 76.5 cm³/mol. The third kappa shape index (κ3) is 4.00. The highest BCUT2D eigenvalue weighted by atomic mass is 16.6. The van der Waals surface area contributed by atoms with Crippen molar-refractivity contribution in [2.75, 3.05) is 13.1 Å². The molecule has 1 aromatic heterocycles. The van der Waals surface area contributed by atoms with Crippen molar-refractivity contribution < 1.29 is 13.9 Å². The molecule has 1 fully saturated rings. The van der Waals surface area contributed by atoms with Crippen LogP contribution in [0.1, 0.15) is 45.9 Å². The van der Waals surface area contributed by atoms with Gasteiger partial charge in [0.2, 0.25) is 0 Å². The van der Waals surface area contributed by atoms with E-state index < -0.39 is 5.60 Å². The lowest BCUT2D eigenvalue weighted by atomic mass is 10.2. The Hall–Kier alpha value is -1.49. The molecule has 1 aliphatic heterocycles. The highest BCUT2D eigenvalue weighted by molar-refractivity contribution is 5.68. The zero-order valence-corrected chi connectivity index (χ0v) is 12.7. The summed E-state index contributed by atoms with van der Waals surface area (Å²) in [6.07, 6.45) is 2.38. The molecule has 1 aliphatic rings. The monoisotopic (exact) mass is 280 g/mol. The number of carbonyl (C=O) groups excluding carboxylic acids is 1. The number of likely N-dealkylation sites (tertiary alicyclic amines) is 1. The molecule has 2 heterocycles. The summed E-state index contributed by atoms with van der Waals surface area (Å²) in [6, 6.07) is 4.27. The SMILES string of the molecule is CC(N[C@H]1CCN(C(=O)OC(C)(C)C)C1)c1ccco1. The van der Waals surface area contributed by atoms with Gasteiger partial charge in [0.1, 0.15) is 11.4 Å². The number of furan rings is 1. The van der Waals surface area contributed by atoms with Crippen molar-refractivity contribution in [3.8, 4) is 0 Å². The Labute approximate surface area is 120 Å². The standard InChI is InChI=1S/C15H24N2O3/c1-11(13-6-5-9-19-13)16-12-7-8-17(10-12)14(18)20-15(2,3)4/h5-6,9,11-12,16H,7-8,10H2,1-4H3/t11?,12-/m0/s1. The lowest BCUT2D eigenvalue weighted by Crippen LogP contribution is -2.38. The third-order valence-electron chi connectivity index (χ3n) is 3.30. The summed E-state index contributed by atoms with van der Waals surface area (Å²) in [4.78, 5) is 13.7. The van der Waals surface area contributed by atoms with Crippen LogP contribution in [-0.4, -0.2) is 35.7 Å². The van der Waals surface area contributed by atoms with E-state index in [0.717, 1.165) is 18.7 Å². The van der Waals surface area contributed by atoms with Gasteiger partial charge in [0.05, 0.1) is 12.3 Å². The van der Waals surface area contributed by atoms with Crippen LogP contribution in [0.5, 0.6) is 0 Å². The van der Waals surface area contributed by atoms with Crippen LogP contribution in [0.3, 0.4) is 0 Å². The Bertz CT molecular complexity index is 436. The lowest BCUT2D eigenvalue weighted by Gasteiger charge is -2.24. The zero-order valence-electron chi connectivity index (χ0n) is 12.7. The summed E-state index contributed by atoms with van der Waals surface area (Å²) in [7, 11) is 0. The van der Waals surface area contributed by atoms with Gasteiger partial charge in [-0.1, -0.05) is 0 Å². The van der Waals surface area contributed by atoms with Gasteiger partial charge in [0, 0.05) is 19.1 Å². The molecule has 112 valence electrons. The van der Waals surface area contributed by atoms with E-state index in [9.17, 15) is 4.79 Å². The topological polar surface area (TPSA) is 54.7 Å². The summed E-state index contributed by atoms with van der Waals surface area (Å²) in [5.41, 5.74) is -0.440. The third-order valence-corrected chi connectivity index (χ3v) is 3.30. The van der Waals surface area contributed by atoms with Gasteiger partial charge in [-0.3, -0.25) is 0 Å². The number of ether oxygens (including phenoxy) is 1. The Morgan fingerprint density at radius 1 is 1.55 bits per heavy atom. The minimum absolute atomic E-state index is 0.147. The molecule has 1 amide bonds. The number of hydrogen-bond donors (Lipinski definition) is 1. The van der Waals surface area contributed by atoms with Crippen LogP contribution in [-0.2, 0) is 4.74 Å². The molecule has 0 aromatic carbocycles. The molecular formula is C15H24N2O3. The van der Waals surface area contributed by atoms with Gasteiger partial charge in [0.25, 0.3) is 0 Å². The first kappa shape index (κ1) is 14.9. The largest absolute Gasteiger partial charge is 0.468 e. The Balaban J connectivity index is 1.82. The van der Waals surface area contributed by atoms with E-state index in [0.29, 0.717) is 6.54 Å². The van der Waals surface area contributed by atoms with Crippen molar-refractivity contribution in [1.82, 2.24) is 10.2 Å². The lowest BCUT2D eigenvalue weighted by molar-refractivity contribution is 0.0290. The van der Waals surface area contributed by atoms with Crippen LogP contribution in [0.2, 0.25) is 0 Å². The van der Waals surface area contributed by atoms with E-state index in [1.54, 1.807) is 11.2 Å². The van der Waals surface area contributed by atoms with E-state index in [1.165, 1.54) is 0 Å². The fraction of sp³-hybridized carbons (Fsp3) is 0.667. The maximum absolute atomic E-state index is 12.0. The molecule has 5 heteroatoms. The second-order valence-electron chi connectivity index (χ2n) is 6.32. The number of nitrogens with one attached hydrogen (secondary N) is 1. The molecule has 1 saturated heterocycles. The number of carbonyl (C=O) groups is 1. The summed E-state index contributed by atoms with van der Waals surface area (Å²) >= 11 is 0.